The fourth-order valence-electron chi connectivity index (χ4n) is 1.14. The van der Waals surface area contributed by atoms with E-state index in [0.29, 0.717) is 5.30 Å². The number of nitrogens with zero attached hydrogens (tertiary/aromatic N) is 5. The first-order valence-electron chi connectivity index (χ1n) is 4.16. The van der Waals surface area contributed by atoms with Gasteiger partial charge in [-0.15, -0.1) is 19.6 Å². The summed E-state index contributed by atoms with van der Waals surface area (Å²) >= 11 is -0.828. The van der Waals surface area contributed by atoms with E-state index in [1.54, 1.807) is 24.3 Å². The highest BCUT2D eigenvalue weighted by Gasteiger charge is 2.27. The van der Waals surface area contributed by atoms with Crippen molar-refractivity contribution >= 4 is 46.3 Å². The van der Waals surface area contributed by atoms with Crippen LogP contribution in [0, 0.1) is 0 Å². The lowest BCUT2D eigenvalue weighted by Crippen LogP contribution is -2.03. The second-order valence-corrected chi connectivity index (χ2v) is 8.62. The van der Waals surface area contributed by atoms with E-state index in [9.17, 15) is 4.20 Å². The largest absolute Gasteiger partial charge is 0.291 e. The zero-order valence-electron chi connectivity index (χ0n) is 7.67. The fourth-order valence-corrected chi connectivity index (χ4v) is 7.95. The second kappa shape index (κ2) is 4.06. The molecule has 0 aliphatic carbocycles. The Morgan fingerprint density at radius 3 is 2.62 bits per heavy atom. The maximum Gasteiger partial charge on any atom is 0.291 e. The maximum absolute atomic E-state index is 14.6. The first-order chi connectivity index (χ1) is 7.76. The lowest BCUT2D eigenvalue weighted by Gasteiger charge is -2.14. The Labute approximate surface area is 100 Å². The minimum atomic E-state index is -3.31. The summed E-state index contributed by atoms with van der Waals surface area (Å²) in [7, 11) is -3.31. The molecule has 0 aromatic heterocycles. The molecule has 3 atom stereocenters. The number of hydrogen-bond acceptors (Lipinski definition) is 5. The molecule has 0 saturated heterocycles. The van der Waals surface area contributed by atoms with Gasteiger partial charge < -0.3 is 0 Å². The monoisotopic (exact) mass is 293 g/mol. The lowest BCUT2D eigenvalue weighted by atomic mass is 10.4. The van der Waals surface area contributed by atoms with Crippen LogP contribution in [0.2, 0.25) is 0 Å². The van der Waals surface area contributed by atoms with Crippen molar-refractivity contribution in [3.63, 3.8) is 0 Å². The van der Waals surface area contributed by atoms with Crippen molar-refractivity contribution in [3.05, 3.63) is 30.3 Å². The predicted molar refractivity (Wildman–Crippen MR) is 68.3 cm³/mol. The summed E-state index contributed by atoms with van der Waals surface area (Å²) in [5, 5.41) is 0.511. The van der Waals surface area contributed by atoms with E-state index in [2.05, 4.69) is 19.6 Å². The molecule has 0 spiro atoms. The maximum atomic E-state index is 14.6. The van der Waals surface area contributed by atoms with E-state index in [0.717, 1.165) is 11.4 Å². The SMILES string of the molecule is FP1(c2ccccc2)=NS2=NS(=N1)N=S=N2. The Hall–Kier alpha value is -0.500. The fraction of sp³-hybridized carbons (Fsp3) is 0. The summed E-state index contributed by atoms with van der Waals surface area (Å²) in [4.78, 5) is 0. The molecular weight excluding hydrogens is 288 g/mol. The number of fused-ring (bicyclic) bond motifs is 1. The number of benzene rings is 1. The molecule has 3 rings (SSSR count). The molecule has 3 unspecified atom stereocenters. The van der Waals surface area contributed by atoms with Crippen LogP contribution < -0.4 is 5.30 Å². The minimum absolute atomic E-state index is 0.511. The van der Waals surface area contributed by atoms with Crippen LogP contribution in [0.15, 0.2) is 49.9 Å². The molecule has 0 saturated carbocycles. The van der Waals surface area contributed by atoms with E-state index in [4.69, 9.17) is 0 Å². The van der Waals surface area contributed by atoms with E-state index in [-0.39, 0.29) is 0 Å². The Morgan fingerprint density at radius 2 is 1.88 bits per heavy atom. The van der Waals surface area contributed by atoms with Crippen LogP contribution in [0.1, 0.15) is 0 Å². The highest BCUT2D eigenvalue weighted by molar-refractivity contribution is 8.07. The van der Waals surface area contributed by atoms with E-state index in [1.807, 2.05) is 6.07 Å². The molecule has 0 N–H and O–H groups in total. The molecule has 1 aromatic rings. The van der Waals surface area contributed by atoms with Gasteiger partial charge in [0.05, 0.1) is 11.4 Å². The molecule has 2 heterocycles. The average Bonchev–Trinajstić information content (AvgIpc) is 2.29. The zero-order valence-corrected chi connectivity index (χ0v) is 11.0. The van der Waals surface area contributed by atoms with Gasteiger partial charge in [0.2, 0.25) is 0 Å². The predicted octanol–water partition coefficient (Wildman–Crippen LogP) is 3.05. The summed E-state index contributed by atoms with van der Waals surface area (Å²) in [6.07, 6.45) is 0. The van der Waals surface area contributed by atoms with Gasteiger partial charge in [-0.3, -0.25) is 0 Å². The molecule has 10 heteroatoms. The van der Waals surface area contributed by atoms with Gasteiger partial charge in [-0.1, -0.05) is 18.2 Å². The van der Waals surface area contributed by atoms with Gasteiger partial charge in [0.1, 0.15) is 0 Å². The van der Waals surface area contributed by atoms with Crippen molar-refractivity contribution in [2.75, 3.05) is 0 Å². The summed E-state index contributed by atoms with van der Waals surface area (Å²) in [6.45, 7) is 0. The van der Waals surface area contributed by atoms with E-state index < -0.39 is 29.6 Å². The Balaban J connectivity index is 2.20. The molecule has 2 aliphatic heterocycles. The van der Waals surface area contributed by atoms with Crippen molar-refractivity contribution in [2.45, 2.75) is 0 Å². The van der Waals surface area contributed by atoms with Crippen LogP contribution in [-0.4, -0.2) is 0 Å². The summed E-state index contributed by atoms with van der Waals surface area (Å²) < 4.78 is 34.6. The quantitative estimate of drug-likeness (QED) is 0.714. The summed E-state index contributed by atoms with van der Waals surface area (Å²) in [5.74, 6) is 0. The number of rotatable bonds is 1. The molecular formula is C6H5FN5PS3. The van der Waals surface area contributed by atoms with Crippen LogP contribution in [0.3, 0.4) is 0 Å². The third-order valence-corrected chi connectivity index (χ3v) is 8.30. The van der Waals surface area contributed by atoms with E-state index >= 15 is 0 Å². The van der Waals surface area contributed by atoms with Gasteiger partial charge in [0.25, 0.3) is 7.52 Å². The number of hydrogen-bond donors (Lipinski definition) is 0. The highest BCUT2D eigenvalue weighted by atomic mass is 32.3. The van der Waals surface area contributed by atoms with Gasteiger partial charge in [-0.25, -0.2) is 0 Å². The zero-order chi connectivity index (χ0) is 11.0. The second-order valence-electron chi connectivity index (χ2n) is 2.82. The number of halogens is 1. The topological polar surface area (TPSA) is 61.8 Å². The van der Waals surface area contributed by atoms with Crippen LogP contribution >= 0.6 is 7.52 Å². The first kappa shape index (κ1) is 10.6. The summed E-state index contributed by atoms with van der Waals surface area (Å²) in [6, 6.07) is 8.78. The molecule has 0 radical (unpaired) electrons. The van der Waals surface area contributed by atoms with Crippen molar-refractivity contribution in [1.29, 1.82) is 0 Å². The third-order valence-electron chi connectivity index (χ3n) is 1.78. The van der Waals surface area contributed by atoms with Crippen LogP contribution in [0.4, 0.5) is 4.20 Å². The third kappa shape index (κ3) is 1.88. The standard InChI is InChI=1S/C6H5FN5PS3/c7-13(6-4-2-1-3-5-6)8-15-10-14-11-16(9-13)12-15/h1-5H. The smallest absolute Gasteiger partial charge is 0.177 e. The van der Waals surface area contributed by atoms with Crippen LogP contribution in [-0.2, 0) is 33.5 Å². The molecule has 0 fully saturated rings. The van der Waals surface area contributed by atoms with Crippen LogP contribution in [0.5, 0.6) is 0 Å². The lowest BCUT2D eigenvalue weighted by molar-refractivity contribution is 0.889. The molecule has 0 amide bonds. The molecule has 2 bridgehead atoms. The van der Waals surface area contributed by atoms with Gasteiger partial charge in [0, 0.05) is 5.30 Å². The Morgan fingerprint density at radius 1 is 1.12 bits per heavy atom. The van der Waals surface area contributed by atoms with Gasteiger partial charge in [-0.2, -0.15) is 4.20 Å². The van der Waals surface area contributed by atoms with Crippen LogP contribution in [0.25, 0.3) is 0 Å². The minimum Gasteiger partial charge on any atom is -0.177 e. The molecule has 16 heavy (non-hydrogen) atoms. The molecule has 84 valence electrons. The van der Waals surface area contributed by atoms with Crippen molar-refractivity contribution in [2.24, 2.45) is 19.6 Å². The highest BCUT2D eigenvalue weighted by Crippen LogP contribution is 2.55. The summed E-state index contributed by atoms with van der Waals surface area (Å²) in [5.41, 5.74) is 0. The van der Waals surface area contributed by atoms with Crippen molar-refractivity contribution in [3.8, 4) is 0 Å². The Kier molecular flexibility index (Phi) is 2.70. The molecule has 5 nitrogen and oxygen atoms in total. The van der Waals surface area contributed by atoms with E-state index in [1.165, 1.54) is 0 Å². The molecule has 1 aromatic carbocycles. The van der Waals surface area contributed by atoms with Crippen molar-refractivity contribution < 1.29 is 4.20 Å². The first-order valence-corrected chi connectivity index (χ1v) is 8.67. The Bertz CT molecular complexity index is 633. The van der Waals surface area contributed by atoms with Gasteiger partial charge in [-0.05, 0) is 12.1 Å². The average molecular weight is 293 g/mol. The normalized spacial score (nSPS) is 35.3. The van der Waals surface area contributed by atoms with Gasteiger partial charge in [0.15, 0.2) is 22.1 Å². The van der Waals surface area contributed by atoms with Gasteiger partial charge >= 0.3 is 0 Å². The van der Waals surface area contributed by atoms with Crippen molar-refractivity contribution in [1.82, 2.24) is 0 Å². The molecule has 2 aliphatic rings.